The summed E-state index contributed by atoms with van der Waals surface area (Å²) in [5.74, 6) is 0. The Morgan fingerprint density at radius 3 is 1.17 bits per heavy atom. The summed E-state index contributed by atoms with van der Waals surface area (Å²) in [6.45, 7) is 12.9. The largest absolute Gasteiger partial charge is 0.264 e. The highest BCUT2D eigenvalue weighted by molar-refractivity contribution is 5.67. The smallest absolute Gasteiger partial charge is 0.0648 e. The van der Waals surface area contributed by atoms with Crippen LogP contribution in [-0.2, 0) is 0 Å². The van der Waals surface area contributed by atoms with Gasteiger partial charge < -0.3 is 0 Å². The number of aryl methyl sites for hydroxylation is 6. The Hall–Kier alpha value is -2.26. The van der Waals surface area contributed by atoms with Gasteiger partial charge in [0.1, 0.15) is 0 Å². The van der Waals surface area contributed by atoms with Gasteiger partial charge in [0.2, 0.25) is 0 Å². The Morgan fingerprint density at radius 1 is 0.565 bits per heavy atom. The van der Waals surface area contributed by atoms with Crippen LogP contribution in [0.1, 0.15) is 33.4 Å². The quantitative estimate of drug-likeness (QED) is 0.863. The van der Waals surface area contributed by atoms with Crippen LogP contribution in [0.25, 0.3) is 0 Å². The molecule has 1 N–H and O–H groups in total. The molecule has 0 aliphatic carbocycles. The van der Waals surface area contributed by atoms with Gasteiger partial charge in [-0.05, 0) is 63.8 Å². The van der Waals surface area contributed by atoms with Crippen molar-refractivity contribution >= 4 is 11.4 Å². The van der Waals surface area contributed by atoms with Gasteiger partial charge in [-0.2, -0.15) is 0 Å². The Kier molecular flexibility index (Phi) is 3.90. The van der Waals surface area contributed by atoms with E-state index in [-0.39, 0.29) is 0 Å². The van der Waals surface area contributed by atoms with E-state index in [1.807, 2.05) is 0 Å². The van der Waals surface area contributed by atoms with Crippen molar-refractivity contribution in [1.82, 2.24) is 5.53 Å². The minimum Gasteiger partial charge on any atom is -0.264 e. The van der Waals surface area contributed by atoms with E-state index in [9.17, 15) is 0 Å². The van der Waals surface area contributed by atoms with Crippen molar-refractivity contribution in [2.45, 2.75) is 41.5 Å². The summed E-state index contributed by atoms with van der Waals surface area (Å²) in [5.41, 5.74) is 13.6. The SMILES string of the molecule is Cc1cc(C)c(N2C=CN(c3c(C)cc(C)cc3C)N2)c(C)c1. The number of anilines is 2. The van der Waals surface area contributed by atoms with Gasteiger partial charge in [-0.3, -0.25) is 10.0 Å². The van der Waals surface area contributed by atoms with E-state index in [0.717, 1.165) is 0 Å². The number of hydrogen-bond acceptors (Lipinski definition) is 3. The molecule has 120 valence electrons. The molecule has 0 bridgehead atoms. The Balaban J connectivity index is 1.93. The first-order valence-electron chi connectivity index (χ1n) is 8.05. The van der Waals surface area contributed by atoms with E-state index in [1.165, 1.54) is 44.8 Å². The molecule has 3 heteroatoms. The molecular weight excluding hydrogens is 282 g/mol. The normalized spacial score (nSPS) is 14.0. The second kappa shape index (κ2) is 5.74. The lowest BCUT2D eigenvalue weighted by molar-refractivity contribution is 0.747. The van der Waals surface area contributed by atoms with Crippen LogP contribution in [0, 0.1) is 41.5 Å². The second-order valence-corrected chi connectivity index (χ2v) is 6.63. The van der Waals surface area contributed by atoms with E-state index < -0.39 is 0 Å². The number of rotatable bonds is 2. The lowest BCUT2D eigenvalue weighted by atomic mass is 10.1. The van der Waals surface area contributed by atoms with Crippen molar-refractivity contribution in [2.24, 2.45) is 0 Å². The third kappa shape index (κ3) is 2.84. The van der Waals surface area contributed by atoms with Crippen LogP contribution in [0.2, 0.25) is 0 Å². The summed E-state index contributed by atoms with van der Waals surface area (Å²) >= 11 is 0. The van der Waals surface area contributed by atoms with Gasteiger partial charge >= 0.3 is 0 Å². The standard InChI is InChI=1S/C20H25N3/c1-13-9-15(3)19(16(4)10-13)22-7-8-23(21-22)20-17(5)11-14(2)12-18(20)6/h7-12,21H,1-6H3. The molecule has 23 heavy (non-hydrogen) atoms. The van der Waals surface area contributed by atoms with Gasteiger partial charge in [0.25, 0.3) is 0 Å². The van der Waals surface area contributed by atoms with Gasteiger partial charge in [0.05, 0.1) is 11.4 Å². The molecule has 2 aromatic rings. The molecule has 0 saturated carbocycles. The van der Waals surface area contributed by atoms with Gasteiger partial charge in [-0.15, -0.1) is 5.53 Å². The molecule has 0 amide bonds. The highest BCUT2D eigenvalue weighted by Crippen LogP contribution is 2.31. The summed E-state index contributed by atoms with van der Waals surface area (Å²) in [5, 5.41) is 4.20. The number of nitrogens with zero attached hydrogens (tertiary/aromatic N) is 2. The maximum Gasteiger partial charge on any atom is 0.0648 e. The fourth-order valence-corrected chi connectivity index (χ4v) is 3.67. The van der Waals surface area contributed by atoms with E-state index in [2.05, 4.69) is 93.8 Å². The molecule has 0 spiro atoms. The predicted octanol–water partition coefficient (Wildman–Crippen LogP) is 4.75. The molecule has 0 unspecified atom stereocenters. The average molecular weight is 307 g/mol. The van der Waals surface area contributed by atoms with E-state index in [0.29, 0.717) is 0 Å². The monoisotopic (exact) mass is 307 g/mol. The van der Waals surface area contributed by atoms with Crippen molar-refractivity contribution in [3.8, 4) is 0 Å². The lowest BCUT2D eigenvalue weighted by Gasteiger charge is -2.27. The fourth-order valence-electron chi connectivity index (χ4n) is 3.67. The van der Waals surface area contributed by atoms with Crippen molar-refractivity contribution < 1.29 is 0 Å². The third-order valence-corrected chi connectivity index (χ3v) is 4.33. The second-order valence-electron chi connectivity index (χ2n) is 6.63. The molecule has 0 radical (unpaired) electrons. The highest BCUT2D eigenvalue weighted by Gasteiger charge is 2.20. The molecule has 1 aliphatic rings. The number of nitrogens with one attached hydrogen (secondary N) is 1. The van der Waals surface area contributed by atoms with Crippen molar-refractivity contribution in [2.75, 3.05) is 10.0 Å². The molecule has 1 aliphatic heterocycles. The minimum atomic E-state index is 1.22. The molecule has 0 aromatic heterocycles. The van der Waals surface area contributed by atoms with E-state index in [1.54, 1.807) is 0 Å². The molecule has 3 rings (SSSR count). The van der Waals surface area contributed by atoms with Crippen molar-refractivity contribution in [3.05, 3.63) is 70.0 Å². The van der Waals surface area contributed by atoms with Crippen LogP contribution >= 0.6 is 0 Å². The molecule has 3 nitrogen and oxygen atoms in total. The molecular formula is C20H25N3. The van der Waals surface area contributed by atoms with Crippen molar-refractivity contribution in [3.63, 3.8) is 0 Å². The number of benzene rings is 2. The minimum absolute atomic E-state index is 1.22. The zero-order valence-electron chi connectivity index (χ0n) is 14.9. The van der Waals surface area contributed by atoms with Crippen LogP contribution in [0.15, 0.2) is 36.7 Å². The Labute approximate surface area is 139 Å². The molecule has 0 saturated heterocycles. The predicted molar refractivity (Wildman–Crippen MR) is 98.5 cm³/mol. The summed E-state index contributed by atoms with van der Waals surface area (Å²) < 4.78 is 0. The third-order valence-electron chi connectivity index (χ3n) is 4.33. The first kappa shape index (κ1) is 15.6. The number of hydrogen-bond donors (Lipinski definition) is 1. The van der Waals surface area contributed by atoms with Gasteiger partial charge in [0.15, 0.2) is 0 Å². The highest BCUT2D eigenvalue weighted by atomic mass is 15.8. The van der Waals surface area contributed by atoms with Crippen LogP contribution < -0.4 is 15.6 Å². The molecule has 0 fully saturated rings. The van der Waals surface area contributed by atoms with Crippen LogP contribution in [-0.4, -0.2) is 0 Å². The lowest BCUT2D eigenvalue weighted by Crippen LogP contribution is -2.40. The summed E-state index contributed by atoms with van der Waals surface area (Å²) in [7, 11) is 0. The first-order valence-corrected chi connectivity index (χ1v) is 8.05. The maximum absolute atomic E-state index is 3.48. The van der Waals surface area contributed by atoms with Crippen LogP contribution in [0.5, 0.6) is 0 Å². The first-order chi connectivity index (χ1) is 10.9. The molecule has 1 heterocycles. The van der Waals surface area contributed by atoms with Crippen LogP contribution in [0.4, 0.5) is 11.4 Å². The van der Waals surface area contributed by atoms with E-state index in [4.69, 9.17) is 0 Å². The summed E-state index contributed by atoms with van der Waals surface area (Å²) in [6, 6.07) is 8.90. The zero-order valence-corrected chi connectivity index (χ0v) is 14.9. The Bertz CT molecular complexity index is 678. The topological polar surface area (TPSA) is 18.5 Å². The summed E-state index contributed by atoms with van der Waals surface area (Å²) in [4.78, 5) is 0. The van der Waals surface area contributed by atoms with Gasteiger partial charge in [-0.1, -0.05) is 35.4 Å². The van der Waals surface area contributed by atoms with Crippen LogP contribution in [0.3, 0.4) is 0 Å². The number of hydrazine groups is 2. The maximum atomic E-state index is 3.48. The zero-order chi connectivity index (χ0) is 16.7. The van der Waals surface area contributed by atoms with Gasteiger partial charge in [-0.25, -0.2) is 0 Å². The molecule has 0 atom stereocenters. The van der Waals surface area contributed by atoms with Crippen molar-refractivity contribution in [1.29, 1.82) is 0 Å². The molecule has 2 aromatic carbocycles. The van der Waals surface area contributed by atoms with Gasteiger partial charge in [0, 0.05) is 12.4 Å². The summed E-state index contributed by atoms with van der Waals surface area (Å²) in [6.07, 6.45) is 4.17. The average Bonchev–Trinajstić information content (AvgIpc) is 2.85. The van der Waals surface area contributed by atoms with E-state index >= 15 is 0 Å². The fraction of sp³-hybridized carbons (Fsp3) is 0.300. The Morgan fingerprint density at radius 2 is 0.870 bits per heavy atom.